The zero-order valence-electron chi connectivity index (χ0n) is 8.55. The molecule has 0 spiro atoms. The number of aryl methyl sites for hydroxylation is 1. The summed E-state index contributed by atoms with van der Waals surface area (Å²) in [5.41, 5.74) is 0.964. The van der Waals surface area contributed by atoms with Crippen LogP contribution in [0.4, 0.5) is 0 Å². The maximum absolute atomic E-state index is 11.2. The molecule has 0 aliphatic heterocycles. The molecule has 0 saturated carbocycles. The zero-order valence-corrected chi connectivity index (χ0v) is 8.55. The third-order valence-electron chi connectivity index (χ3n) is 2.02. The van der Waals surface area contributed by atoms with Gasteiger partial charge in [-0.15, -0.1) is 5.75 Å². The first-order chi connectivity index (χ1) is 5.84. The molecule has 0 amide bonds. The molecule has 0 saturated heterocycles. The summed E-state index contributed by atoms with van der Waals surface area (Å²) >= 11 is 0. The van der Waals surface area contributed by atoms with Crippen LogP contribution < -0.4 is 24.0 Å². The molecule has 0 aliphatic carbocycles. The number of hydrogen-bond donors (Lipinski definition) is 0. The number of rotatable bonds is 4. The Kier molecular flexibility index (Phi) is 6.85. The van der Waals surface area contributed by atoms with E-state index in [0.717, 1.165) is 18.4 Å². The van der Waals surface area contributed by atoms with Crippen molar-refractivity contribution >= 4 is 0 Å². The monoisotopic (exact) mass is 170 g/mol. The molecule has 0 unspecified atom stereocenters. The molecule has 0 aromatic heterocycles. The quantitative estimate of drug-likeness (QED) is 0.441. The summed E-state index contributed by atoms with van der Waals surface area (Å²) in [6.45, 7) is 2.17. The van der Waals surface area contributed by atoms with E-state index in [-0.39, 0.29) is 24.6 Å². The van der Waals surface area contributed by atoms with Crippen molar-refractivity contribution in [1.82, 2.24) is 0 Å². The van der Waals surface area contributed by atoms with Crippen molar-refractivity contribution in [3.8, 4) is 5.75 Å². The van der Waals surface area contributed by atoms with E-state index >= 15 is 0 Å². The van der Waals surface area contributed by atoms with Gasteiger partial charge in [0, 0.05) is 0 Å². The molecule has 0 N–H and O–H groups in total. The minimum Gasteiger partial charge on any atom is -0.872 e. The van der Waals surface area contributed by atoms with Gasteiger partial charge in [0.2, 0.25) is 0 Å². The molecule has 0 bridgehead atoms. The molecule has 0 heterocycles. The van der Waals surface area contributed by atoms with E-state index in [1.54, 1.807) is 12.1 Å². The topological polar surface area (TPSA) is 23.1 Å². The third-order valence-corrected chi connectivity index (χ3v) is 2.02. The van der Waals surface area contributed by atoms with Gasteiger partial charge in [-0.05, 0) is 12.8 Å². The van der Waals surface area contributed by atoms with Crippen LogP contribution in [0.3, 0.4) is 0 Å². The van der Waals surface area contributed by atoms with Crippen LogP contribution in [-0.2, 0) is 6.42 Å². The van der Waals surface area contributed by atoms with Crippen LogP contribution in [0.15, 0.2) is 24.3 Å². The average Bonchev–Trinajstić information content (AvgIpc) is 2.09. The van der Waals surface area contributed by atoms with Crippen molar-refractivity contribution in [2.45, 2.75) is 32.6 Å². The minimum atomic E-state index is 0. The molecule has 1 nitrogen and oxygen atoms in total. The summed E-state index contributed by atoms with van der Waals surface area (Å²) < 4.78 is 0. The first-order valence-corrected chi connectivity index (χ1v) is 4.59. The van der Waals surface area contributed by atoms with Crippen LogP contribution in [0.25, 0.3) is 0 Å². The van der Waals surface area contributed by atoms with Gasteiger partial charge in [-0.1, -0.05) is 49.6 Å². The van der Waals surface area contributed by atoms with Crippen molar-refractivity contribution in [2.24, 2.45) is 0 Å². The Morgan fingerprint density at radius 1 is 1.15 bits per heavy atom. The molecule has 13 heavy (non-hydrogen) atoms. The van der Waals surface area contributed by atoms with Gasteiger partial charge in [0.25, 0.3) is 0 Å². The van der Waals surface area contributed by atoms with Crippen molar-refractivity contribution in [3.05, 3.63) is 29.8 Å². The van der Waals surface area contributed by atoms with Crippen LogP contribution in [-0.4, -0.2) is 0 Å². The third kappa shape index (κ3) is 4.41. The standard InChI is InChI=1S/C11H16O.Li/c1-2-3-4-7-10-8-5-6-9-11(10)12;/h5-6,8-9,12H,2-4,7H2,1H3;/q;+1/p-1. The van der Waals surface area contributed by atoms with Crippen molar-refractivity contribution in [3.63, 3.8) is 0 Å². The van der Waals surface area contributed by atoms with E-state index in [0.29, 0.717) is 0 Å². The second-order valence-electron chi connectivity index (χ2n) is 3.06. The summed E-state index contributed by atoms with van der Waals surface area (Å²) in [7, 11) is 0. The molecule has 2 heteroatoms. The number of hydrogen-bond acceptors (Lipinski definition) is 1. The summed E-state index contributed by atoms with van der Waals surface area (Å²) in [5.74, 6) is 0.189. The molecule has 1 aromatic carbocycles. The molecular weight excluding hydrogens is 155 g/mol. The second-order valence-corrected chi connectivity index (χ2v) is 3.06. The summed E-state index contributed by atoms with van der Waals surface area (Å²) in [6, 6.07) is 7.30. The first-order valence-electron chi connectivity index (χ1n) is 4.59. The van der Waals surface area contributed by atoms with Gasteiger partial charge in [0.05, 0.1) is 0 Å². The number of unbranched alkanes of at least 4 members (excludes halogenated alkanes) is 2. The Hall–Kier alpha value is -0.383. The maximum atomic E-state index is 11.2. The fraction of sp³-hybridized carbons (Fsp3) is 0.455. The Labute approximate surface area is 92.3 Å². The summed E-state index contributed by atoms with van der Waals surface area (Å²) in [6.07, 6.45) is 4.50. The summed E-state index contributed by atoms with van der Waals surface area (Å²) in [4.78, 5) is 0. The Bertz CT molecular complexity index is 235. The number of benzene rings is 1. The van der Waals surface area contributed by atoms with E-state index in [9.17, 15) is 5.11 Å². The Balaban J connectivity index is 0.00000144. The second kappa shape index (κ2) is 7.06. The Morgan fingerprint density at radius 3 is 2.46 bits per heavy atom. The van der Waals surface area contributed by atoms with Crippen molar-refractivity contribution in [2.75, 3.05) is 0 Å². The van der Waals surface area contributed by atoms with Crippen molar-refractivity contribution in [1.29, 1.82) is 0 Å². The largest absolute Gasteiger partial charge is 1.00 e. The van der Waals surface area contributed by atoms with Crippen LogP contribution >= 0.6 is 0 Å². The fourth-order valence-corrected chi connectivity index (χ4v) is 1.28. The van der Waals surface area contributed by atoms with E-state index in [2.05, 4.69) is 6.92 Å². The maximum Gasteiger partial charge on any atom is 1.00 e. The molecule has 0 radical (unpaired) electrons. The van der Waals surface area contributed by atoms with Gasteiger partial charge in [-0.3, -0.25) is 0 Å². The van der Waals surface area contributed by atoms with Crippen molar-refractivity contribution < 1.29 is 24.0 Å². The van der Waals surface area contributed by atoms with E-state index in [1.165, 1.54) is 12.8 Å². The van der Waals surface area contributed by atoms with Gasteiger partial charge < -0.3 is 5.11 Å². The molecule has 0 atom stereocenters. The van der Waals surface area contributed by atoms with Gasteiger partial charge in [-0.2, -0.15) is 0 Å². The summed E-state index contributed by atoms with van der Waals surface area (Å²) in [5, 5.41) is 11.2. The van der Waals surface area contributed by atoms with Gasteiger partial charge in [-0.25, -0.2) is 0 Å². The van der Waals surface area contributed by atoms with Crippen LogP contribution in [0, 0.1) is 0 Å². The molecule has 0 fully saturated rings. The Morgan fingerprint density at radius 2 is 1.85 bits per heavy atom. The normalized spacial score (nSPS) is 9.31. The predicted octanol–water partition coefficient (Wildman–Crippen LogP) is -0.503. The minimum absolute atomic E-state index is 0. The molecule has 1 aromatic rings. The van der Waals surface area contributed by atoms with Crippen LogP contribution in [0.5, 0.6) is 5.75 Å². The predicted molar refractivity (Wildman–Crippen MR) is 49.1 cm³/mol. The molecule has 1 rings (SSSR count). The van der Waals surface area contributed by atoms with Gasteiger partial charge in [0.1, 0.15) is 0 Å². The molecular formula is C11H15LiO. The fourth-order valence-electron chi connectivity index (χ4n) is 1.28. The average molecular weight is 170 g/mol. The van der Waals surface area contributed by atoms with E-state index in [4.69, 9.17) is 0 Å². The molecule has 66 valence electrons. The number of para-hydroxylation sites is 1. The molecule has 0 aliphatic rings. The van der Waals surface area contributed by atoms with E-state index in [1.807, 2.05) is 12.1 Å². The SMILES string of the molecule is CCCCCc1ccccc1[O-].[Li+]. The zero-order chi connectivity index (χ0) is 8.81. The van der Waals surface area contributed by atoms with Crippen LogP contribution in [0.2, 0.25) is 0 Å². The van der Waals surface area contributed by atoms with Gasteiger partial charge in [0.15, 0.2) is 0 Å². The van der Waals surface area contributed by atoms with Crippen LogP contribution in [0.1, 0.15) is 31.7 Å². The smallest absolute Gasteiger partial charge is 0.872 e. The van der Waals surface area contributed by atoms with Gasteiger partial charge >= 0.3 is 18.9 Å². The first kappa shape index (κ1) is 12.6. The van der Waals surface area contributed by atoms with E-state index < -0.39 is 0 Å².